The van der Waals surface area contributed by atoms with E-state index >= 15 is 0 Å². The maximum atomic E-state index is 13.0. The Morgan fingerprint density at radius 1 is 1.17 bits per heavy atom. The van der Waals surface area contributed by atoms with Crippen LogP contribution in [0.1, 0.15) is 30.5 Å². The van der Waals surface area contributed by atoms with Gasteiger partial charge < -0.3 is 9.47 Å². The minimum atomic E-state index is -0.0492. The van der Waals surface area contributed by atoms with E-state index in [0.29, 0.717) is 34.7 Å². The summed E-state index contributed by atoms with van der Waals surface area (Å²) >= 11 is 1.39. The highest BCUT2D eigenvalue weighted by molar-refractivity contribution is 8.18. The van der Waals surface area contributed by atoms with Gasteiger partial charge in [0.05, 0.1) is 24.3 Å². The predicted molar refractivity (Wildman–Crippen MR) is 120 cm³/mol. The quantitative estimate of drug-likeness (QED) is 0.604. The first kappa shape index (κ1) is 21.0. The molecule has 0 bridgehead atoms. The molecule has 0 atom stereocenters. The maximum Gasteiger partial charge on any atom is 0.266 e. The molecule has 0 unspecified atom stereocenters. The number of carbonyl (C=O) groups is 1. The number of thioether (sulfide) groups is 1. The summed E-state index contributed by atoms with van der Waals surface area (Å²) in [5, 5.41) is 0.693. The molecule has 1 heterocycles. The van der Waals surface area contributed by atoms with E-state index in [1.54, 1.807) is 12.0 Å². The van der Waals surface area contributed by atoms with Crippen LogP contribution in [0.2, 0.25) is 0 Å². The number of methoxy groups -OCH3 is 1. The second-order valence-electron chi connectivity index (χ2n) is 6.66. The van der Waals surface area contributed by atoms with Crippen molar-refractivity contribution >= 4 is 34.6 Å². The number of hydrogen-bond donors (Lipinski definition) is 0. The number of ether oxygens (including phenoxy) is 2. The third-order valence-electron chi connectivity index (χ3n) is 4.59. The van der Waals surface area contributed by atoms with Crippen LogP contribution in [0.4, 0.5) is 5.69 Å². The summed E-state index contributed by atoms with van der Waals surface area (Å²) < 4.78 is 11.2. The van der Waals surface area contributed by atoms with Crippen LogP contribution in [-0.4, -0.2) is 36.2 Å². The Bertz CT molecular complexity index is 982. The number of benzene rings is 2. The Hall–Kier alpha value is -2.73. The highest BCUT2D eigenvalue weighted by Crippen LogP contribution is 2.38. The fraction of sp³-hybridized carbons (Fsp3) is 0.304. The summed E-state index contributed by atoms with van der Waals surface area (Å²) in [6.45, 7) is 9.01. The zero-order valence-electron chi connectivity index (χ0n) is 17.5. The molecule has 0 radical (unpaired) electrons. The van der Waals surface area contributed by atoms with Crippen LogP contribution in [0.3, 0.4) is 0 Å². The van der Waals surface area contributed by atoms with Gasteiger partial charge in [0.25, 0.3) is 5.91 Å². The number of amides is 1. The minimum absolute atomic E-state index is 0.0492. The molecule has 0 aromatic heterocycles. The first-order valence-corrected chi connectivity index (χ1v) is 10.5. The fourth-order valence-corrected chi connectivity index (χ4v) is 4.11. The van der Waals surface area contributed by atoms with Crippen LogP contribution in [0.15, 0.2) is 46.3 Å². The molecule has 5 nitrogen and oxygen atoms in total. The average Bonchev–Trinajstić information content (AvgIpc) is 3.00. The molecule has 3 rings (SSSR count). The van der Waals surface area contributed by atoms with Gasteiger partial charge in [-0.1, -0.05) is 24.3 Å². The van der Waals surface area contributed by atoms with Crippen LogP contribution >= 0.6 is 11.8 Å². The lowest BCUT2D eigenvalue weighted by molar-refractivity contribution is -0.122. The van der Waals surface area contributed by atoms with Crippen molar-refractivity contribution in [1.29, 1.82) is 0 Å². The summed E-state index contributed by atoms with van der Waals surface area (Å²) in [6.07, 6.45) is 1.86. The zero-order chi connectivity index (χ0) is 21.0. The molecule has 29 heavy (non-hydrogen) atoms. The van der Waals surface area contributed by atoms with Crippen LogP contribution in [0, 0.1) is 13.8 Å². The monoisotopic (exact) mass is 410 g/mol. The number of nitrogens with zero attached hydrogens (tertiary/aromatic N) is 2. The van der Waals surface area contributed by atoms with Crippen molar-refractivity contribution in [1.82, 2.24) is 4.90 Å². The number of carbonyl (C=O) groups excluding carboxylic acids is 1. The van der Waals surface area contributed by atoms with Gasteiger partial charge in [-0.2, -0.15) is 0 Å². The van der Waals surface area contributed by atoms with Gasteiger partial charge in [-0.25, -0.2) is 4.99 Å². The number of rotatable bonds is 6. The normalized spacial score (nSPS) is 16.7. The highest BCUT2D eigenvalue weighted by Gasteiger charge is 2.32. The molecule has 1 fully saturated rings. The molecule has 2 aromatic rings. The second kappa shape index (κ2) is 9.18. The Balaban J connectivity index is 2.02. The average molecular weight is 411 g/mol. The molecule has 1 aliphatic rings. The van der Waals surface area contributed by atoms with Crippen LogP contribution in [0.5, 0.6) is 11.5 Å². The second-order valence-corrected chi connectivity index (χ2v) is 7.67. The van der Waals surface area contributed by atoms with Crippen molar-refractivity contribution in [2.45, 2.75) is 27.7 Å². The summed E-state index contributed by atoms with van der Waals surface area (Å²) in [7, 11) is 1.61. The lowest BCUT2D eigenvalue weighted by atomic mass is 10.1. The Morgan fingerprint density at radius 2 is 1.97 bits per heavy atom. The highest BCUT2D eigenvalue weighted by atomic mass is 32.2. The number of likely N-dealkylation sites (N-methyl/N-ethyl adjacent to an activating group) is 1. The summed E-state index contributed by atoms with van der Waals surface area (Å²) in [5.41, 5.74) is 3.92. The number of hydrogen-bond acceptors (Lipinski definition) is 5. The Labute approximate surface area is 176 Å². The van der Waals surface area contributed by atoms with E-state index in [-0.39, 0.29) is 5.91 Å². The third-order valence-corrected chi connectivity index (χ3v) is 5.60. The minimum Gasteiger partial charge on any atom is -0.493 e. The summed E-state index contributed by atoms with van der Waals surface area (Å²) in [4.78, 5) is 20.1. The Morgan fingerprint density at radius 3 is 2.66 bits per heavy atom. The number of aryl methyl sites for hydroxylation is 2. The van der Waals surface area contributed by atoms with Crippen molar-refractivity contribution in [2.75, 3.05) is 20.3 Å². The van der Waals surface area contributed by atoms with Crippen LogP contribution in [0.25, 0.3) is 6.08 Å². The molecule has 2 aromatic carbocycles. The molecule has 0 spiro atoms. The first-order chi connectivity index (χ1) is 14.0. The van der Waals surface area contributed by atoms with E-state index < -0.39 is 0 Å². The molecule has 1 amide bonds. The smallest absolute Gasteiger partial charge is 0.266 e. The molecule has 1 aliphatic heterocycles. The first-order valence-electron chi connectivity index (χ1n) is 9.65. The van der Waals surface area contributed by atoms with Gasteiger partial charge in [-0.15, -0.1) is 0 Å². The summed E-state index contributed by atoms with van der Waals surface area (Å²) in [6, 6.07) is 11.8. The fourth-order valence-electron chi connectivity index (χ4n) is 3.06. The van der Waals surface area contributed by atoms with Gasteiger partial charge in [0, 0.05) is 12.1 Å². The SMILES string of the molecule is CCOc1c(/C=C2/SC(=Nc3cc(C)ccc3C)N(CC)C2=O)cccc1OC. The molecule has 6 heteroatoms. The van der Waals surface area contributed by atoms with Gasteiger partial charge in [0.2, 0.25) is 0 Å². The van der Waals surface area contributed by atoms with Gasteiger partial charge >= 0.3 is 0 Å². The largest absolute Gasteiger partial charge is 0.493 e. The lowest BCUT2D eigenvalue weighted by Gasteiger charge is -2.13. The topological polar surface area (TPSA) is 51.1 Å². The standard InChI is InChI=1S/C23H26N2O3S/c1-6-25-22(26)20(14-17-9-8-10-19(27-5)21(17)28-7-2)29-23(25)24-18-13-15(3)11-12-16(18)4/h8-14H,6-7H2,1-5H3/b20-14+,24-23?. The van der Waals surface area contributed by atoms with Crippen molar-refractivity contribution < 1.29 is 14.3 Å². The van der Waals surface area contributed by atoms with Crippen LogP contribution in [-0.2, 0) is 4.79 Å². The molecular formula is C23H26N2O3S. The van der Waals surface area contributed by atoms with Gasteiger partial charge in [-0.3, -0.25) is 9.69 Å². The maximum absolute atomic E-state index is 13.0. The van der Waals surface area contributed by atoms with Crippen molar-refractivity contribution in [3.05, 3.63) is 58.0 Å². The van der Waals surface area contributed by atoms with E-state index in [1.807, 2.05) is 64.1 Å². The van der Waals surface area contributed by atoms with E-state index in [1.165, 1.54) is 11.8 Å². The number of amidine groups is 1. The zero-order valence-corrected chi connectivity index (χ0v) is 18.3. The van der Waals surface area contributed by atoms with E-state index in [4.69, 9.17) is 14.5 Å². The van der Waals surface area contributed by atoms with Crippen molar-refractivity contribution in [2.24, 2.45) is 4.99 Å². The number of aliphatic imine (C=N–C) groups is 1. The van der Waals surface area contributed by atoms with Gasteiger partial charge in [-0.05, 0) is 68.8 Å². The predicted octanol–water partition coefficient (Wildman–Crippen LogP) is 5.33. The van der Waals surface area contributed by atoms with Crippen LogP contribution < -0.4 is 9.47 Å². The molecule has 0 N–H and O–H groups in total. The molecule has 0 aliphatic carbocycles. The van der Waals surface area contributed by atoms with Crippen molar-refractivity contribution in [3.63, 3.8) is 0 Å². The van der Waals surface area contributed by atoms with Crippen molar-refractivity contribution in [3.8, 4) is 11.5 Å². The van der Waals surface area contributed by atoms with Gasteiger partial charge in [0.1, 0.15) is 0 Å². The van der Waals surface area contributed by atoms with E-state index in [2.05, 4.69) is 6.07 Å². The molecule has 0 saturated carbocycles. The molecule has 1 saturated heterocycles. The van der Waals surface area contributed by atoms with E-state index in [0.717, 1.165) is 22.4 Å². The lowest BCUT2D eigenvalue weighted by Crippen LogP contribution is -2.28. The summed E-state index contributed by atoms with van der Waals surface area (Å²) in [5.74, 6) is 1.24. The van der Waals surface area contributed by atoms with Gasteiger partial charge in [0.15, 0.2) is 16.7 Å². The Kier molecular flexibility index (Phi) is 6.64. The molecule has 152 valence electrons. The molecular weight excluding hydrogens is 384 g/mol. The third kappa shape index (κ3) is 4.48. The number of para-hydroxylation sites is 1. The van der Waals surface area contributed by atoms with E-state index in [9.17, 15) is 4.79 Å².